The zero-order valence-electron chi connectivity index (χ0n) is 18.4. The number of fused-ring (bicyclic) bond motifs is 1. The van der Waals surface area contributed by atoms with Crippen LogP contribution in [0.1, 0.15) is 6.92 Å². The number of sulfone groups is 1. The molecular weight excluding hydrogens is 511 g/mol. The molecule has 0 spiro atoms. The van der Waals surface area contributed by atoms with Crippen LogP contribution in [0, 0.1) is 0 Å². The standard InChI is InChI=1S/C22H17F5N4O4S/c1-2-36(33,34)17-10-15(14-6-4-3-5-7-14)11-28-19(17)31-20(32)30-12-16(8-9-18(30)29-31)35-13-21(23,24)22(25,26)27/h3-12H,2,13H2,1H3. The minimum atomic E-state index is -5.81. The van der Waals surface area contributed by atoms with Gasteiger partial charge in [-0.2, -0.15) is 26.6 Å². The number of aromatic nitrogens is 4. The van der Waals surface area contributed by atoms with Crippen LogP contribution in [-0.2, 0) is 9.84 Å². The average molecular weight is 528 g/mol. The summed E-state index contributed by atoms with van der Waals surface area (Å²) in [5.74, 6) is -6.16. The van der Waals surface area contributed by atoms with Gasteiger partial charge in [-0.3, -0.25) is 0 Å². The van der Waals surface area contributed by atoms with Gasteiger partial charge in [-0.15, -0.1) is 5.10 Å². The molecule has 0 unspecified atom stereocenters. The van der Waals surface area contributed by atoms with E-state index in [9.17, 15) is 35.2 Å². The van der Waals surface area contributed by atoms with Crippen LogP contribution in [0.3, 0.4) is 0 Å². The summed E-state index contributed by atoms with van der Waals surface area (Å²) in [5, 5.41) is 4.04. The van der Waals surface area contributed by atoms with Crippen molar-refractivity contribution in [3.05, 3.63) is 71.4 Å². The lowest BCUT2D eigenvalue weighted by Crippen LogP contribution is -2.41. The molecule has 4 aromatic rings. The number of pyridine rings is 2. The predicted molar refractivity (Wildman–Crippen MR) is 118 cm³/mol. The highest BCUT2D eigenvalue weighted by Crippen LogP contribution is 2.35. The zero-order valence-corrected chi connectivity index (χ0v) is 19.2. The highest BCUT2D eigenvalue weighted by atomic mass is 32.2. The fourth-order valence-electron chi connectivity index (χ4n) is 3.20. The van der Waals surface area contributed by atoms with Crippen LogP contribution in [0.15, 0.2) is 70.6 Å². The highest BCUT2D eigenvalue weighted by molar-refractivity contribution is 7.91. The first-order valence-corrected chi connectivity index (χ1v) is 12.0. The number of rotatable bonds is 7. The number of nitrogens with zero attached hydrogens (tertiary/aromatic N) is 4. The summed E-state index contributed by atoms with van der Waals surface area (Å²) >= 11 is 0. The first kappa shape index (κ1) is 25.3. The Hall–Kier alpha value is -3.81. The first-order valence-electron chi connectivity index (χ1n) is 10.3. The van der Waals surface area contributed by atoms with Gasteiger partial charge in [-0.1, -0.05) is 37.3 Å². The molecule has 0 amide bonds. The van der Waals surface area contributed by atoms with Gasteiger partial charge in [0.15, 0.2) is 27.9 Å². The number of hydrogen-bond donors (Lipinski definition) is 0. The Labute approximate surface area is 200 Å². The van der Waals surface area contributed by atoms with Crippen molar-refractivity contribution in [2.75, 3.05) is 12.4 Å². The molecule has 0 atom stereocenters. The first-order chi connectivity index (χ1) is 16.8. The highest BCUT2D eigenvalue weighted by Gasteiger charge is 2.58. The Morgan fingerprint density at radius 3 is 2.33 bits per heavy atom. The predicted octanol–water partition coefficient (Wildman–Crippen LogP) is 3.92. The van der Waals surface area contributed by atoms with Crippen LogP contribution < -0.4 is 10.4 Å². The largest absolute Gasteiger partial charge is 0.485 e. The SMILES string of the molecule is CCS(=O)(=O)c1cc(-c2ccccc2)cnc1-n1nc2ccc(OCC(F)(F)C(F)(F)F)cn2c1=O. The fourth-order valence-corrected chi connectivity index (χ4v) is 4.24. The maximum atomic E-state index is 13.2. The summed E-state index contributed by atoms with van der Waals surface area (Å²) in [6.07, 6.45) is -3.57. The number of hydrogen-bond acceptors (Lipinski definition) is 6. The normalized spacial score (nSPS) is 12.7. The van der Waals surface area contributed by atoms with Crippen LogP contribution in [0.25, 0.3) is 22.6 Å². The summed E-state index contributed by atoms with van der Waals surface area (Å²) in [6, 6.07) is 12.4. The molecule has 36 heavy (non-hydrogen) atoms. The van der Waals surface area contributed by atoms with Gasteiger partial charge in [0.25, 0.3) is 0 Å². The lowest BCUT2D eigenvalue weighted by Gasteiger charge is -2.19. The quantitative estimate of drug-likeness (QED) is 0.338. The average Bonchev–Trinajstić information content (AvgIpc) is 3.18. The summed E-state index contributed by atoms with van der Waals surface area (Å²) < 4.78 is 95.3. The zero-order chi connectivity index (χ0) is 26.3. The Bertz CT molecular complexity index is 1580. The Morgan fingerprint density at radius 1 is 1.00 bits per heavy atom. The minimum absolute atomic E-state index is 0.0521. The van der Waals surface area contributed by atoms with Crippen LogP contribution in [0.2, 0.25) is 0 Å². The van der Waals surface area contributed by atoms with Gasteiger partial charge in [0, 0.05) is 11.8 Å². The number of benzene rings is 1. The van der Waals surface area contributed by atoms with Crippen molar-refractivity contribution in [3.63, 3.8) is 0 Å². The molecule has 0 saturated carbocycles. The van der Waals surface area contributed by atoms with Crippen molar-refractivity contribution in [3.8, 4) is 22.7 Å². The van der Waals surface area contributed by atoms with Gasteiger partial charge in [-0.05, 0) is 23.8 Å². The van der Waals surface area contributed by atoms with Crippen molar-refractivity contribution in [1.82, 2.24) is 19.2 Å². The molecule has 0 fully saturated rings. The van der Waals surface area contributed by atoms with E-state index < -0.39 is 40.0 Å². The summed E-state index contributed by atoms with van der Waals surface area (Å²) in [5.41, 5.74) is 0.169. The van der Waals surface area contributed by atoms with E-state index >= 15 is 0 Å². The molecule has 3 aromatic heterocycles. The van der Waals surface area contributed by atoms with Crippen molar-refractivity contribution in [2.24, 2.45) is 0 Å². The van der Waals surface area contributed by atoms with Gasteiger partial charge < -0.3 is 4.74 Å². The van der Waals surface area contributed by atoms with Gasteiger partial charge in [-0.25, -0.2) is 22.6 Å². The minimum Gasteiger partial charge on any atom is -0.485 e. The van der Waals surface area contributed by atoms with E-state index in [2.05, 4.69) is 14.8 Å². The molecule has 8 nitrogen and oxygen atoms in total. The number of alkyl halides is 5. The topological polar surface area (TPSA) is 95.6 Å². The molecule has 0 aliphatic heterocycles. The molecule has 0 aliphatic carbocycles. The van der Waals surface area contributed by atoms with Gasteiger partial charge in [0.1, 0.15) is 10.6 Å². The van der Waals surface area contributed by atoms with Crippen LogP contribution in [0.5, 0.6) is 5.75 Å². The lowest BCUT2D eigenvalue weighted by molar-refractivity contribution is -0.290. The molecule has 0 saturated heterocycles. The van der Waals surface area contributed by atoms with E-state index in [1.807, 2.05) is 0 Å². The molecule has 3 heterocycles. The molecule has 0 radical (unpaired) electrons. The summed E-state index contributed by atoms with van der Waals surface area (Å²) in [7, 11) is -3.89. The number of ether oxygens (including phenoxy) is 1. The van der Waals surface area contributed by atoms with Crippen LogP contribution in [-0.4, -0.2) is 52.0 Å². The summed E-state index contributed by atoms with van der Waals surface area (Å²) in [6.45, 7) is -0.576. The van der Waals surface area contributed by atoms with Gasteiger partial charge in [0.2, 0.25) is 0 Å². The molecule has 14 heteroatoms. The lowest BCUT2D eigenvalue weighted by atomic mass is 10.1. The fraction of sp³-hybridized carbons (Fsp3) is 0.227. The molecule has 1 aromatic carbocycles. The third-order valence-corrected chi connectivity index (χ3v) is 6.91. The maximum Gasteiger partial charge on any atom is 0.456 e. The maximum absolute atomic E-state index is 13.2. The third-order valence-electron chi connectivity index (χ3n) is 5.18. The van der Waals surface area contributed by atoms with Crippen molar-refractivity contribution in [1.29, 1.82) is 0 Å². The second-order valence-corrected chi connectivity index (χ2v) is 9.84. The van der Waals surface area contributed by atoms with Crippen LogP contribution >= 0.6 is 0 Å². The van der Waals surface area contributed by atoms with E-state index in [1.165, 1.54) is 19.2 Å². The van der Waals surface area contributed by atoms with E-state index in [0.29, 0.717) is 15.8 Å². The molecule has 0 N–H and O–H groups in total. The van der Waals surface area contributed by atoms with Gasteiger partial charge >= 0.3 is 17.8 Å². The van der Waals surface area contributed by atoms with Crippen molar-refractivity contribution in [2.45, 2.75) is 23.9 Å². The molecule has 0 bridgehead atoms. The van der Waals surface area contributed by atoms with E-state index in [0.717, 1.165) is 22.7 Å². The molecule has 0 aliphatic rings. The van der Waals surface area contributed by atoms with E-state index in [4.69, 9.17) is 0 Å². The van der Waals surface area contributed by atoms with Crippen molar-refractivity contribution >= 4 is 15.5 Å². The third kappa shape index (κ3) is 4.67. The van der Waals surface area contributed by atoms with E-state index in [1.54, 1.807) is 30.3 Å². The molecule has 190 valence electrons. The van der Waals surface area contributed by atoms with Crippen molar-refractivity contribution < 1.29 is 35.1 Å². The van der Waals surface area contributed by atoms with Gasteiger partial charge in [0.05, 0.1) is 11.9 Å². The van der Waals surface area contributed by atoms with Crippen LogP contribution in [0.4, 0.5) is 22.0 Å². The molecular formula is C22H17F5N4O4S. The Kier molecular flexibility index (Phi) is 6.32. The summed E-state index contributed by atoms with van der Waals surface area (Å²) in [4.78, 5) is 16.9. The Morgan fingerprint density at radius 2 is 1.69 bits per heavy atom. The number of halogens is 5. The van der Waals surface area contributed by atoms with E-state index in [-0.39, 0.29) is 22.1 Å². The molecule has 4 rings (SSSR count). The second-order valence-electron chi connectivity index (χ2n) is 7.59. The monoisotopic (exact) mass is 528 g/mol. The Balaban J connectivity index is 1.78. The second kappa shape index (κ2) is 9.00. The smallest absolute Gasteiger partial charge is 0.456 e.